The highest BCUT2D eigenvalue weighted by Crippen LogP contribution is 2.41. The Morgan fingerprint density at radius 1 is 1.19 bits per heavy atom. The zero-order chi connectivity index (χ0) is 22.8. The Balaban J connectivity index is 2.15. The average Bonchev–Trinajstić information content (AvgIpc) is 3.11. The summed E-state index contributed by atoms with van der Waals surface area (Å²) in [5, 5.41) is 8.99. The molecule has 0 radical (unpaired) electrons. The zero-order valence-corrected chi connectivity index (χ0v) is 17.3. The van der Waals surface area contributed by atoms with Gasteiger partial charge >= 0.3 is 5.51 Å². The number of hydrogen-bond acceptors (Lipinski definition) is 5. The molecule has 0 fully saturated rings. The lowest BCUT2D eigenvalue weighted by molar-refractivity contribution is -0.0436. The van der Waals surface area contributed by atoms with Gasteiger partial charge in [0.25, 0.3) is 9.84 Å². The van der Waals surface area contributed by atoms with Crippen LogP contribution in [0, 0.1) is 17.1 Å². The van der Waals surface area contributed by atoms with E-state index in [-0.39, 0.29) is 46.7 Å². The summed E-state index contributed by atoms with van der Waals surface area (Å²) in [6.45, 7) is 2.29. The summed E-state index contributed by atoms with van der Waals surface area (Å²) in [6.07, 6.45) is 2.00. The number of rotatable bonds is 6. The summed E-state index contributed by atoms with van der Waals surface area (Å²) < 4.78 is 83.5. The quantitative estimate of drug-likeness (QED) is 0.437. The van der Waals surface area contributed by atoms with E-state index in [0.717, 1.165) is 30.7 Å². The van der Waals surface area contributed by atoms with Crippen molar-refractivity contribution < 1.29 is 30.7 Å². The number of nitrogens with zero attached hydrogens (tertiary/aromatic N) is 2. The van der Waals surface area contributed by atoms with Gasteiger partial charge in [0.05, 0.1) is 16.5 Å². The highest BCUT2D eigenvalue weighted by Gasteiger charge is 2.49. The molecule has 0 saturated heterocycles. The molecule has 2 aromatic rings. The van der Waals surface area contributed by atoms with E-state index in [0.29, 0.717) is 13.0 Å². The zero-order valence-electron chi connectivity index (χ0n) is 16.5. The Kier molecular flexibility index (Phi) is 6.36. The number of unbranched alkanes of at least 4 members (excludes halogenated alkanes) is 1. The molecule has 0 heterocycles. The van der Waals surface area contributed by atoms with Crippen molar-refractivity contribution in [2.24, 2.45) is 4.99 Å². The SMILES string of the molecule is CCCC/N=C1/CCc2c(Oc3cc(F)cc(C#N)c3)ccc(S(=O)(=O)C(F)(F)F)c21. The summed E-state index contributed by atoms with van der Waals surface area (Å²) in [5.74, 6) is -0.656. The Labute approximate surface area is 176 Å². The van der Waals surface area contributed by atoms with Crippen molar-refractivity contribution in [2.45, 2.75) is 43.0 Å². The fourth-order valence-corrected chi connectivity index (χ4v) is 4.33. The highest BCUT2D eigenvalue weighted by atomic mass is 32.2. The number of aliphatic imine (C=N–C) groups is 1. The van der Waals surface area contributed by atoms with E-state index >= 15 is 0 Å². The van der Waals surface area contributed by atoms with Crippen LogP contribution in [-0.2, 0) is 16.3 Å². The second-order valence-corrected chi connectivity index (χ2v) is 8.85. The Bertz CT molecular complexity index is 1180. The van der Waals surface area contributed by atoms with E-state index in [9.17, 15) is 26.0 Å². The van der Waals surface area contributed by atoms with Crippen molar-refractivity contribution in [1.82, 2.24) is 0 Å². The Morgan fingerprint density at radius 2 is 1.94 bits per heavy atom. The van der Waals surface area contributed by atoms with Gasteiger partial charge in [-0.1, -0.05) is 13.3 Å². The van der Waals surface area contributed by atoms with Crippen molar-refractivity contribution in [3.05, 3.63) is 52.8 Å². The van der Waals surface area contributed by atoms with Gasteiger partial charge in [0.15, 0.2) is 0 Å². The molecular weight excluding hydrogens is 436 g/mol. The van der Waals surface area contributed by atoms with Crippen molar-refractivity contribution >= 4 is 15.5 Å². The van der Waals surface area contributed by atoms with Crippen LogP contribution in [0.2, 0.25) is 0 Å². The standard InChI is InChI=1S/C21H18F4N2O3S/c1-2-3-8-27-17-5-4-16-18(30-15-10-13(12-26)9-14(22)11-15)6-7-19(20(16)17)31(28,29)21(23,24)25/h6-7,9-11H,2-5,8H2,1H3/b27-17-. The van der Waals surface area contributed by atoms with Crippen LogP contribution in [0.1, 0.15) is 42.9 Å². The maximum atomic E-state index is 13.7. The van der Waals surface area contributed by atoms with Gasteiger partial charge < -0.3 is 4.74 Å². The molecule has 0 aromatic heterocycles. The van der Waals surface area contributed by atoms with Crippen LogP contribution in [0.4, 0.5) is 17.6 Å². The first-order valence-corrected chi connectivity index (χ1v) is 11.0. The average molecular weight is 454 g/mol. The van der Waals surface area contributed by atoms with Crippen LogP contribution in [0.5, 0.6) is 11.5 Å². The van der Waals surface area contributed by atoms with Crippen LogP contribution >= 0.6 is 0 Å². The first-order chi connectivity index (χ1) is 14.6. The normalized spacial score (nSPS) is 15.0. The largest absolute Gasteiger partial charge is 0.501 e. The van der Waals surface area contributed by atoms with Crippen molar-refractivity contribution in [3.63, 3.8) is 0 Å². The first-order valence-electron chi connectivity index (χ1n) is 9.48. The monoisotopic (exact) mass is 454 g/mol. The predicted molar refractivity (Wildman–Crippen MR) is 106 cm³/mol. The molecule has 1 aliphatic carbocycles. The lowest BCUT2D eigenvalue weighted by atomic mass is 10.1. The fourth-order valence-electron chi connectivity index (χ4n) is 3.33. The van der Waals surface area contributed by atoms with Gasteiger partial charge in [-0.3, -0.25) is 4.99 Å². The van der Waals surface area contributed by atoms with Gasteiger partial charge in [-0.05, 0) is 43.5 Å². The Hall–Kier alpha value is -2.93. The molecule has 0 bridgehead atoms. The molecule has 0 amide bonds. The van der Waals surface area contributed by atoms with Gasteiger partial charge in [-0.15, -0.1) is 0 Å². The minimum atomic E-state index is -5.61. The van der Waals surface area contributed by atoms with Crippen LogP contribution in [-0.4, -0.2) is 26.2 Å². The molecule has 0 saturated carbocycles. The topological polar surface area (TPSA) is 79.5 Å². The predicted octanol–water partition coefficient (Wildman–Crippen LogP) is 5.32. The van der Waals surface area contributed by atoms with Gasteiger partial charge in [0.2, 0.25) is 0 Å². The summed E-state index contributed by atoms with van der Waals surface area (Å²) in [6, 6.07) is 7.05. The lowest BCUT2D eigenvalue weighted by Gasteiger charge is -2.16. The lowest BCUT2D eigenvalue weighted by Crippen LogP contribution is -2.25. The van der Waals surface area contributed by atoms with E-state index in [1.165, 1.54) is 6.07 Å². The first kappa shape index (κ1) is 22.7. The van der Waals surface area contributed by atoms with Crippen LogP contribution in [0.15, 0.2) is 40.2 Å². The van der Waals surface area contributed by atoms with Gasteiger partial charge in [0, 0.05) is 29.4 Å². The number of fused-ring (bicyclic) bond motifs is 1. The van der Waals surface area contributed by atoms with E-state index < -0.39 is 26.1 Å². The highest BCUT2D eigenvalue weighted by molar-refractivity contribution is 7.92. The molecule has 164 valence electrons. The van der Waals surface area contributed by atoms with E-state index in [4.69, 9.17) is 10.00 Å². The van der Waals surface area contributed by atoms with Crippen molar-refractivity contribution in [3.8, 4) is 17.6 Å². The molecule has 31 heavy (non-hydrogen) atoms. The van der Waals surface area contributed by atoms with Crippen LogP contribution < -0.4 is 4.74 Å². The third kappa shape index (κ3) is 4.56. The Morgan fingerprint density at radius 3 is 2.58 bits per heavy atom. The number of benzene rings is 2. The maximum absolute atomic E-state index is 13.7. The van der Waals surface area contributed by atoms with Gasteiger partial charge in [-0.2, -0.15) is 18.4 Å². The van der Waals surface area contributed by atoms with E-state index in [1.54, 1.807) is 6.07 Å². The number of alkyl halides is 3. The molecular formula is C21H18F4N2O3S. The van der Waals surface area contributed by atoms with E-state index in [2.05, 4.69) is 4.99 Å². The van der Waals surface area contributed by atoms with Gasteiger partial charge in [0.1, 0.15) is 17.3 Å². The molecule has 3 rings (SSSR count). The molecule has 10 heteroatoms. The minimum absolute atomic E-state index is 0.00438. The molecule has 0 N–H and O–H groups in total. The van der Waals surface area contributed by atoms with Crippen molar-refractivity contribution in [2.75, 3.05) is 6.54 Å². The molecule has 0 unspecified atom stereocenters. The van der Waals surface area contributed by atoms with Crippen molar-refractivity contribution in [1.29, 1.82) is 5.26 Å². The molecule has 5 nitrogen and oxygen atoms in total. The molecule has 1 aliphatic rings. The number of halogens is 4. The molecule has 0 aliphatic heterocycles. The summed E-state index contributed by atoms with van der Waals surface area (Å²) in [4.78, 5) is 3.46. The molecule has 2 aromatic carbocycles. The summed E-state index contributed by atoms with van der Waals surface area (Å²) >= 11 is 0. The second-order valence-electron chi connectivity index (χ2n) is 6.94. The fraction of sp³-hybridized carbons (Fsp3) is 0.333. The summed E-state index contributed by atoms with van der Waals surface area (Å²) in [7, 11) is -5.61. The summed E-state index contributed by atoms with van der Waals surface area (Å²) in [5.41, 5.74) is -5.05. The number of ether oxygens (including phenoxy) is 1. The second kappa shape index (κ2) is 8.67. The molecule has 0 spiro atoms. The number of nitriles is 1. The van der Waals surface area contributed by atoms with Gasteiger partial charge in [-0.25, -0.2) is 12.8 Å². The maximum Gasteiger partial charge on any atom is 0.501 e. The van der Waals surface area contributed by atoms with E-state index in [1.807, 2.05) is 6.92 Å². The number of sulfone groups is 1. The third-order valence-corrected chi connectivity index (χ3v) is 6.30. The third-order valence-electron chi connectivity index (χ3n) is 4.77. The van der Waals surface area contributed by atoms with Crippen LogP contribution in [0.25, 0.3) is 0 Å². The minimum Gasteiger partial charge on any atom is -0.457 e. The number of hydrogen-bond donors (Lipinski definition) is 0. The van der Waals surface area contributed by atoms with Crippen LogP contribution in [0.3, 0.4) is 0 Å². The molecule has 0 atom stereocenters. The smallest absolute Gasteiger partial charge is 0.457 e.